The van der Waals surface area contributed by atoms with E-state index in [1.807, 2.05) is 0 Å². The number of rotatable bonds is 2. The lowest BCUT2D eigenvalue weighted by molar-refractivity contribution is -0.0740. The highest BCUT2D eigenvalue weighted by atomic mass is 19.3. The average Bonchev–Trinajstić information content (AvgIpc) is 2.41. The second kappa shape index (κ2) is 5.25. The summed E-state index contributed by atoms with van der Waals surface area (Å²) < 4.78 is 31.3. The third-order valence-corrected chi connectivity index (χ3v) is 3.55. The van der Waals surface area contributed by atoms with Gasteiger partial charge in [0.2, 0.25) is 5.92 Å². The molecule has 1 aliphatic carbocycles. The Kier molecular flexibility index (Phi) is 3.85. The summed E-state index contributed by atoms with van der Waals surface area (Å²) in [4.78, 5) is 11.3. The fourth-order valence-electron chi connectivity index (χ4n) is 2.44. The summed E-state index contributed by atoms with van der Waals surface area (Å²) >= 11 is 0. The Hall–Kier alpha value is -1.49. The molecular weight excluding hydrogens is 254 g/mol. The molecule has 0 aromatic heterocycles. The van der Waals surface area contributed by atoms with Gasteiger partial charge in [-0.15, -0.1) is 0 Å². The zero-order chi connectivity index (χ0) is 14.0. The third kappa shape index (κ3) is 3.10. The van der Waals surface area contributed by atoms with Gasteiger partial charge in [0.1, 0.15) is 0 Å². The first-order chi connectivity index (χ1) is 8.93. The van der Waals surface area contributed by atoms with Crippen LogP contribution in [0, 0.1) is 0 Å². The number of alkyl halides is 2. The van der Waals surface area contributed by atoms with Crippen molar-refractivity contribution in [1.29, 1.82) is 0 Å². The van der Waals surface area contributed by atoms with Gasteiger partial charge in [0.05, 0.1) is 18.8 Å². The molecule has 1 N–H and O–H groups in total. The second-order valence-corrected chi connectivity index (χ2v) is 4.89. The van der Waals surface area contributed by atoms with E-state index in [0.29, 0.717) is 11.1 Å². The van der Waals surface area contributed by atoms with Gasteiger partial charge in [-0.25, -0.2) is 13.6 Å². The van der Waals surface area contributed by atoms with Crippen LogP contribution >= 0.6 is 0 Å². The Bertz CT molecular complexity index is 456. The number of carbonyl (C=O) groups is 1. The Balaban J connectivity index is 2.19. The maximum absolute atomic E-state index is 13.4. The average molecular weight is 270 g/mol. The van der Waals surface area contributed by atoms with Gasteiger partial charge in [0, 0.05) is 18.8 Å². The van der Waals surface area contributed by atoms with E-state index < -0.39 is 23.9 Å². The van der Waals surface area contributed by atoms with Crippen LogP contribution in [0.3, 0.4) is 0 Å². The lowest BCUT2D eigenvalue weighted by Crippen LogP contribution is -2.34. The molecule has 0 aliphatic heterocycles. The number of hydrogen-bond donors (Lipinski definition) is 1. The summed E-state index contributed by atoms with van der Waals surface area (Å²) in [6, 6.07) is 6.25. The van der Waals surface area contributed by atoms with Crippen LogP contribution in [-0.4, -0.2) is 30.2 Å². The Morgan fingerprint density at radius 2 is 2.00 bits per heavy atom. The molecule has 1 saturated carbocycles. The molecule has 0 bridgehead atoms. The van der Waals surface area contributed by atoms with Gasteiger partial charge in [-0.1, -0.05) is 12.1 Å². The highest BCUT2D eigenvalue weighted by Gasteiger charge is 2.41. The highest BCUT2D eigenvalue weighted by molar-refractivity contribution is 5.89. The molecule has 19 heavy (non-hydrogen) atoms. The number of aliphatic hydroxyl groups excluding tert-OH is 1. The Morgan fingerprint density at radius 3 is 2.58 bits per heavy atom. The number of esters is 1. The Morgan fingerprint density at radius 1 is 1.37 bits per heavy atom. The minimum atomic E-state index is -2.73. The minimum Gasteiger partial charge on any atom is -0.465 e. The van der Waals surface area contributed by atoms with Crippen molar-refractivity contribution in [3.63, 3.8) is 0 Å². The molecule has 1 aromatic rings. The first kappa shape index (κ1) is 13.9. The molecule has 2 atom stereocenters. The van der Waals surface area contributed by atoms with Crippen molar-refractivity contribution in [1.82, 2.24) is 0 Å². The van der Waals surface area contributed by atoms with E-state index in [2.05, 4.69) is 4.74 Å². The van der Waals surface area contributed by atoms with Gasteiger partial charge < -0.3 is 9.84 Å². The zero-order valence-electron chi connectivity index (χ0n) is 10.6. The van der Waals surface area contributed by atoms with Crippen LogP contribution in [0.15, 0.2) is 24.3 Å². The summed E-state index contributed by atoms with van der Waals surface area (Å²) in [6.07, 6.45) is -1.30. The van der Waals surface area contributed by atoms with Crippen LogP contribution in [0.25, 0.3) is 0 Å². The lowest BCUT2D eigenvalue weighted by atomic mass is 9.79. The molecule has 0 saturated heterocycles. The van der Waals surface area contributed by atoms with Crippen molar-refractivity contribution in [2.45, 2.75) is 37.2 Å². The largest absolute Gasteiger partial charge is 0.465 e. The Labute approximate surface area is 110 Å². The van der Waals surface area contributed by atoms with Crippen molar-refractivity contribution in [2.75, 3.05) is 7.11 Å². The number of benzene rings is 1. The summed E-state index contributed by atoms with van der Waals surface area (Å²) in [7, 11) is 1.28. The standard InChI is InChI=1S/C14H16F2O3/c1-19-13(18)10-4-2-9(3-5-10)11-8-14(15,16)7-6-12(11)17/h2-5,11-12,17H,6-8H2,1H3/t11-,12+/m1/s1. The van der Waals surface area contributed by atoms with Crippen molar-refractivity contribution in [2.24, 2.45) is 0 Å². The monoisotopic (exact) mass is 270 g/mol. The van der Waals surface area contributed by atoms with Crippen molar-refractivity contribution in [3.8, 4) is 0 Å². The highest BCUT2D eigenvalue weighted by Crippen LogP contribution is 2.41. The first-order valence-electron chi connectivity index (χ1n) is 6.17. The van der Waals surface area contributed by atoms with Crippen molar-refractivity contribution in [3.05, 3.63) is 35.4 Å². The maximum atomic E-state index is 13.4. The van der Waals surface area contributed by atoms with Crippen LogP contribution in [0.1, 0.15) is 41.1 Å². The molecule has 0 amide bonds. The summed E-state index contributed by atoms with van der Waals surface area (Å²) in [5.41, 5.74) is 0.989. The van der Waals surface area contributed by atoms with Gasteiger partial charge in [0.15, 0.2) is 0 Å². The van der Waals surface area contributed by atoms with Gasteiger partial charge >= 0.3 is 5.97 Å². The number of aliphatic hydroxyl groups is 1. The van der Waals surface area contributed by atoms with Crippen LogP contribution in [0.2, 0.25) is 0 Å². The van der Waals surface area contributed by atoms with E-state index in [-0.39, 0.29) is 19.3 Å². The first-order valence-corrected chi connectivity index (χ1v) is 6.17. The number of methoxy groups -OCH3 is 1. The number of halogens is 2. The normalized spacial score (nSPS) is 25.9. The number of carbonyl (C=O) groups excluding carboxylic acids is 1. The SMILES string of the molecule is COC(=O)c1ccc([C@H]2CC(F)(F)CC[C@@H]2O)cc1. The molecule has 0 heterocycles. The van der Waals surface area contributed by atoms with E-state index >= 15 is 0 Å². The van der Waals surface area contributed by atoms with Crippen LogP contribution < -0.4 is 0 Å². The second-order valence-electron chi connectivity index (χ2n) is 4.89. The molecular formula is C14H16F2O3. The van der Waals surface area contributed by atoms with E-state index in [0.717, 1.165) is 0 Å². The van der Waals surface area contributed by atoms with Crippen molar-refractivity contribution < 1.29 is 23.4 Å². The fourth-order valence-corrected chi connectivity index (χ4v) is 2.44. The van der Waals surface area contributed by atoms with Gasteiger partial charge in [-0.05, 0) is 24.1 Å². The fraction of sp³-hybridized carbons (Fsp3) is 0.500. The molecule has 2 rings (SSSR count). The predicted octanol–water partition coefficient (Wildman–Crippen LogP) is 2.74. The topological polar surface area (TPSA) is 46.5 Å². The smallest absolute Gasteiger partial charge is 0.337 e. The summed E-state index contributed by atoms with van der Waals surface area (Å²) in [5, 5.41) is 9.85. The molecule has 0 unspecified atom stereocenters. The third-order valence-electron chi connectivity index (χ3n) is 3.55. The van der Waals surface area contributed by atoms with Crippen LogP contribution in [0.4, 0.5) is 8.78 Å². The molecule has 0 radical (unpaired) electrons. The van der Waals surface area contributed by atoms with Crippen molar-refractivity contribution >= 4 is 5.97 Å². The maximum Gasteiger partial charge on any atom is 0.337 e. The van der Waals surface area contributed by atoms with E-state index in [4.69, 9.17) is 0 Å². The van der Waals surface area contributed by atoms with Crippen LogP contribution in [-0.2, 0) is 4.74 Å². The minimum absolute atomic E-state index is 0.0937. The number of hydrogen-bond acceptors (Lipinski definition) is 3. The molecule has 0 spiro atoms. The molecule has 1 aromatic carbocycles. The van der Waals surface area contributed by atoms with E-state index in [1.54, 1.807) is 12.1 Å². The van der Waals surface area contributed by atoms with Gasteiger partial charge in [-0.3, -0.25) is 0 Å². The van der Waals surface area contributed by atoms with Gasteiger partial charge in [-0.2, -0.15) is 0 Å². The van der Waals surface area contributed by atoms with E-state index in [1.165, 1.54) is 19.2 Å². The molecule has 3 nitrogen and oxygen atoms in total. The molecule has 5 heteroatoms. The number of ether oxygens (including phenoxy) is 1. The molecule has 1 aliphatic rings. The molecule has 104 valence electrons. The molecule has 1 fully saturated rings. The quantitative estimate of drug-likeness (QED) is 0.840. The lowest BCUT2D eigenvalue weighted by Gasteiger charge is -2.33. The predicted molar refractivity (Wildman–Crippen MR) is 65.3 cm³/mol. The summed E-state index contributed by atoms with van der Waals surface area (Å²) in [6.45, 7) is 0. The van der Waals surface area contributed by atoms with Gasteiger partial charge in [0.25, 0.3) is 0 Å². The van der Waals surface area contributed by atoms with E-state index in [9.17, 15) is 18.7 Å². The van der Waals surface area contributed by atoms with Crippen LogP contribution in [0.5, 0.6) is 0 Å². The summed E-state index contributed by atoms with van der Waals surface area (Å²) in [5.74, 6) is -3.79. The zero-order valence-corrected chi connectivity index (χ0v) is 10.6.